The molecule has 0 unspecified atom stereocenters. The van der Waals surface area contributed by atoms with Gasteiger partial charge in [-0.2, -0.15) is 0 Å². The third-order valence-electron chi connectivity index (χ3n) is 3.27. The van der Waals surface area contributed by atoms with Gasteiger partial charge in [-0.25, -0.2) is 0 Å². The molecule has 4 heteroatoms. The van der Waals surface area contributed by atoms with Crippen LogP contribution in [0.15, 0.2) is 35.4 Å². The number of benzene rings is 1. The lowest BCUT2D eigenvalue weighted by molar-refractivity contribution is -0.142. The highest BCUT2D eigenvalue weighted by Crippen LogP contribution is 2.27. The Morgan fingerprint density at radius 1 is 1.10 bits per heavy atom. The fourth-order valence-electron chi connectivity index (χ4n) is 2.18. The normalized spacial score (nSPS) is 14.3. The van der Waals surface area contributed by atoms with E-state index >= 15 is 0 Å². The summed E-state index contributed by atoms with van der Waals surface area (Å²) in [5, 5.41) is 0. The molecular formula is C16H16O4. The maximum Gasteiger partial charge on any atom is 0.310 e. The van der Waals surface area contributed by atoms with Crippen LogP contribution in [0.5, 0.6) is 0 Å². The van der Waals surface area contributed by atoms with Crippen LogP contribution >= 0.6 is 0 Å². The second kappa shape index (κ2) is 5.82. The zero-order valence-electron chi connectivity index (χ0n) is 11.6. The summed E-state index contributed by atoms with van der Waals surface area (Å²) in [5.41, 5.74) is 1.35. The van der Waals surface area contributed by atoms with Gasteiger partial charge in [-0.3, -0.25) is 14.4 Å². The summed E-state index contributed by atoms with van der Waals surface area (Å²) in [6.45, 7) is 3.80. The van der Waals surface area contributed by atoms with Crippen molar-refractivity contribution in [1.29, 1.82) is 0 Å². The Morgan fingerprint density at radius 3 is 2.30 bits per heavy atom. The number of hydrogen-bond acceptors (Lipinski definition) is 4. The largest absolute Gasteiger partial charge is 0.465 e. The van der Waals surface area contributed by atoms with Crippen molar-refractivity contribution in [2.24, 2.45) is 0 Å². The molecule has 104 valence electrons. The molecule has 0 spiro atoms. The Labute approximate surface area is 117 Å². The zero-order chi connectivity index (χ0) is 14.7. The highest BCUT2D eigenvalue weighted by Gasteiger charge is 2.30. The lowest BCUT2D eigenvalue weighted by atomic mass is 9.83. The molecule has 2 rings (SSSR count). The molecule has 1 aliphatic carbocycles. The monoisotopic (exact) mass is 272 g/mol. The Balaban J connectivity index is 2.30. The van der Waals surface area contributed by atoms with E-state index in [1.54, 1.807) is 31.2 Å². The highest BCUT2D eigenvalue weighted by atomic mass is 16.5. The number of allylic oxidation sites excluding steroid dienone is 1. The number of carbonyl (C=O) groups is 3. The van der Waals surface area contributed by atoms with Crippen LogP contribution in [0.1, 0.15) is 47.4 Å². The van der Waals surface area contributed by atoms with Gasteiger partial charge in [0.05, 0.1) is 13.0 Å². The van der Waals surface area contributed by atoms with Crippen molar-refractivity contribution in [3.63, 3.8) is 0 Å². The van der Waals surface area contributed by atoms with Crippen LogP contribution in [0.25, 0.3) is 0 Å². The second-order valence-electron chi connectivity index (χ2n) is 4.70. The molecule has 0 amide bonds. The second-order valence-corrected chi connectivity index (χ2v) is 4.70. The van der Waals surface area contributed by atoms with Crippen LogP contribution in [-0.2, 0) is 9.53 Å². The van der Waals surface area contributed by atoms with Crippen molar-refractivity contribution in [1.82, 2.24) is 0 Å². The number of ketones is 2. The number of esters is 1. The lowest BCUT2D eigenvalue weighted by Crippen LogP contribution is -2.23. The number of rotatable bonds is 4. The van der Waals surface area contributed by atoms with E-state index in [0.29, 0.717) is 23.3 Å². The summed E-state index contributed by atoms with van der Waals surface area (Å²) in [5.74, 6) is -0.925. The number of fused-ring (bicyclic) bond motifs is 1. The van der Waals surface area contributed by atoms with Crippen LogP contribution in [0.4, 0.5) is 0 Å². The Hall–Kier alpha value is -2.23. The fourth-order valence-corrected chi connectivity index (χ4v) is 2.18. The molecule has 0 saturated heterocycles. The number of ether oxygens (including phenoxy) is 1. The van der Waals surface area contributed by atoms with Gasteiger partial charge in [0.25, 0.3) is 0 Å². The van der Waals surface area contributed by atoms with Crippen LogP contribution < -0.4 is 0 Å². The fraction of sp³-hybridized carbons (Fsp3) is 0.312. The average molecular weight is 272 g/mol. The van der Waals surface area contributed by atoms with Gasteiger partial charge in [0, 0.05) is 22.3 Å². The molecule has 1 aliphatic rings. The Bertz CT molecular complexity index is 611. The molecular weight excluding hydrogens is 256 g/mol. The summed E-state index contributed by atoms with van der Waals surface area (Å²) < 4.78 is 4.98. The van der Waals surface area contributed by atoms with Crippen molar-refractivity contribution in [2.45, 2.75) is 26.7 Å². The topological polar surface area (TPSA) is 60.4 Å². The van der Waals surface area contributed by atoms with E-state index in [1.807, 2.05) is 6.92 Å². The summed E-state index contributed by atoms with van der Waals surface area (Å²) in [7, 11) is 0. The van der Waals surface area contributed by atoms with Gasteiger partial charge in [-0.1, -0.05) is 31.2 Å². The third-order valence-corrected chi connectivity index (χ3v) is 3.27. The molecule has 20 heavy (non-hydrogen) atoms. The Morgan fingerprint density at radius 2 is 1.70 bits per heavy atom. The van der Waals surface area contributed by atoms with Gasteiger partial charge in [0.1, 0.15) is 0 Å². The first-order valence-corrected chi connectivity index (χ1v) is 6.60. The van der Waals surface area contributed by atoms with Gasteiger partial charge in [-0.15, -0.1) is 0 Å². The zero-order valence-corrected chi connectivity index (χ0v) is 11.6. The minimum absolute atomic E-state index is 0.148. The molecule has 0 N–H and O–H groups in total. The summed E-state index contributed by atoms with van der Waals surface area (Å²) in [6.07, 6.45) is 0.574. The van der Waals surface area contributed by atoms with Gasteiger partial charge < -0.3 is 4.74 Å². The maximum absolute atomic E-state index is 12.4. The first-order chi connectivity index (χ1) is 9.56. The third kappa shape index (κ3) is 2.54. The minimum atomic E-state index is -0.471. The molecule has 1 aromatic carbocycles. The van der Waals surface area contributed by atoms with Crippen LogP contribution in [-0.4, -0.2) is 24.1 Å². The summed E-state index contributed by atoms with van der Waals surface area (Å²) in [6, 6.07) is 6.67. The first kappa shape index (κ1) is 14.2. The van der Waals surface area contributed by atoms with E-state index in [1.165, 1.54) is 0 Å². The van der Waals surface area contributed by atoms with E-state index in [0.717, 1.165) is 6.42 Å². The van der Waals surface area contributed by atoms with E-state index in [2.05, 4.69) is 0 Å². The summed E-state index contributed by atoms with van der Waals surface area (Å²) >= 11 is 0. The SMILES string of the molecule is CCCOC(=O)CC1=C(C)C(=O)c2ccccc2C1=O. The minimum Gasteiger partial charge on any atom is -0.465 e. The first-order valence-electron chi connectivity index (χ1n) is 6.60. The van der Waals surface area contributed by atoms with E-state index in [4.69, 9.17) is 4.74 Å². The average Bonchev–Trinajstić information content (AvgIpc) is 2.47. The standard InChI is InChI=1S/C16H16O4/c1-3-8-20-14(17)9-13-10(2)15(18)11-6-4-5-7-12(11)16(13)19/h4-7H,3,8-9H2,1-2H3. The van der Waals surface area contributed by atoms with Crippen molar-refractivity contribution in [3.8, 4) is 0 Å². The highest BCUT2D eigenvalue weighted by molar-refractivity contribution is 6.27. The smallest absolute Gasteiger partial charge is 0.310 e. The molecule has 0 radical (unpaired) electrons. The molecule has 0 fully saturated rings. The molecule has 0 bridgehead atoms. The number of hydrogen-bond donors (Lipinski definition) is 0. The van der Waals surface area contributed by atoms with Crippen LogP contribution in [0.2, 0.25) is 0 Å². The van der Waals surface area contributed by atoms with E-state index in [9.17, 15) is 14.4 Å². The van der Waals surface area contributed by atoms with E-state index in [-0.39, 0.29) is 23.6 Å². The van der Waals surface area contributed by atoms with Crippen molar-refractivity contribution >= 4 is 17.5 Å². The Kier molecular flexibility index (Phi) is 4.13. The molecule has 0 heterocycles. The predicted molar refractivity (Wildman–Crippen MR) is 73.7 cm³/mol. The molecule has 0 aromatic heterocycles. The molecule has 0 saturated carbocycles. The lowest BCUT2D eigenvalue weighted by Gasteiger charge is -2.18. The molecule has 1 aromatic rings. The van der Waals surface area contributed by atoms with Crippen molar-refractivity contribution < 1.29 is 19.1 Å². The van der Waals surface area contributed by atoms with Crippen molar-refractivity contribution in [3.05, 3.63) is 46.5 Å². The molecule has 0 atom stereocenters. The predicted octanol–water partition coefficient (Wildman–Crippen LogP) is 2.73. The molecule has 4 nitrogen and oxygen atoms in total. The van der Waals surface area contributed by atoms with Gasteiger partial charge in [0.15, 0.2) is 11.6 Å². The summed E-state index contributed by atoms with van der Waals surface area (Å²) in [4.78, 5) is 36.2. The van der Waals surface area contributed by atoms with E-state index < -0.39 is 5.97 Å². The number of carbonyl (C=O) groups excluding carboxylic acids is 3. The van der Waals surface area contributed by atoms with Crippen molar-refractivity contribution in [2.75, 3.05) is 6.61 Å². The molecule has 0 aliphatic heterocycles. The van der Waals surface area contributed by atoms with Gasteiger partial charge in [0.2, 0.25) is 0 Å². The van der Waals surface area contributed by atoms with Crippen LogP contribution in [0.3, 0.4) is 0 Å². The van der Waals surface area contributed by atoms with Crippen LogP contribution in [0, 0.1) is 0 Å². The van der Waals surface area contributed by atoms with Gasteiger partial charge >= 0.3 is 5.97 Å². The van der Waals surface area contributed by atoms with Gasteiger partial charge in [-0.05, 0) is 13.3 Å². The number of Topliss-reactive ketones (excluding diaryl/α,β-unsaturated/α-hetero) is 2. The maximum atomic E-state index is 12.4. The quantitative estimate of drug-likeness (QED) is 0.791.